The summed E-state index contributed by atoms with van der Waals surface area (Å²) in [5.74, 6) is 0. The van der Waals surface area contributed by atoms with Crippen molar-refractivity contribution in [2.45, 2.75) is 13.3 Å². The van der Waals surface area contributed by atoms with E-state index in [0.717, 1.165) is 6.42 Å². The minimum absolute atomic E-state index is 0. The van der Waals surface area contributed by atoms with Gasteiger partial charge in [0.2, 0.25) is 0 Å². The van der Waals surface area contributed by atoms with Crippen LogP contribution in [0.4, 0.5) is 0 Å². The van der Waals surface area contributed by atoms with Crippen LogP contribution in [0.3, 0.4) is 0 Å². The van der Waals surface area contributed by atoms with E-state index in [1.54, 1.807) is 0 Å². The second kappa shape index (κ2) is 15.0. The Bertz CT molecular complexity index is 1020. The molecule has 0 bridgehead atoms. The molecule has 0 N–H and O–H groups in total. The van der Waals surface area contributed by atoms with Crippen LogP contribution in [-0.2, 0) is 24.2 Å². The summed E-state index contributed by atoms with van der Waals surface area (Å²) in [6.45, 7) is 2.06. The number of hydrogen-bond donors (Lipinski definition) is 0. The maximum Gasteiger partial charge on any atom is -0.0809 e. The van der Waals surface area contributed by atoms with Crippen molar-refractivity contribution >= 4 is 38.8 Å². The fourth-order valence-electron chi connectivity index (χ4n) is 2.96. The first-order chi connectivity index (χ1) is 14.2. The monoisotopic (exact) mass is 522 g/mol. The van der Waals surface area contributed by atoms with Crippen LogP contribution in [0.25, 0.3) is 10.8 Å². The van der Waals surface area contributed by atoms with Crippen molar-refractivity contribution in [2.75, 3.05) is 0 Å². The van der Waals surface area contributed by atoms with Gasteiger partial charge in [-0.05, 0) is 0 Å². The van der Waals surface area contributed by atoms with Gasteiger partial charge in [0.15, 0.2) is 0 Å². The van der Waals surface area contributed by atoms with Gasteiger partial charge in [-0.1, -0.05) is 13.0 Å². The zero-order valence-electron chi connectivity index (χ0n) is 17.5. The molecule has 0 atom stereocenters. The van der Waals surface area contributed by atoms with Crippen LogP contribution in [0.1, 0.15) is 24.5 Å². The molecule has 0 nitrogen and oxygen atoms in total. The minimum Gasteiger partial charge on any atom is -0.168 e. The normalized spacial score (nSPS) is 11.0. The molecule has 3 heteroatoms. The fourth-order valence-corrected chi connectivity index (χ4v) is 3.78. The molecule has 31 heavy (non-hydrogen) atoms. The second-order valence-electron chi connectivity index (χ2n) is 6.73. The molecule has 1 aliphatic rings. The molecule has 0 spiro atoms. The van der Waals surface area contributed by atoms with Crippen molar-refractivity contribution in [1.82, 2.24) is 0 Å². The molecule has 4 aromatic rings. The maximum absolute atomic E-state index is 3.12. The van der Waals surface area contributed by atoms with E-state index in [1.165, 1.54) is 54.9 Å². The molecule has 1 aliphatic carbocycles. The average molecular weight is 525 g/mol. The Balaban J connectivity index is 0.000000244. The third-order valence-corrected chi connectivity index (χ3v) is 5.96. The molecule has 0 aliphatic heterocycles. The van der Waals surface area contributed by atoms with Crippen LogP contribution in [0.2, 0.25) is 0 Å². The molecule has 0 unspecified atom stereocenters. The van der Waals surface area contributed by atoms with E-state index < -0.39 is 0 Å². The van der Waals surface area contributed by atoms with Crippen molar-refractivity contribution in [2.24, 2.45) is 0 Å². The topological polar surface area (TPSA) is 0 Å². The maximum atomic E-state index is 3.12. The molecule has 0 saturated heterocycles. The number of benzene rings is 3. The van der Waals surface area contributed by atoms with Gasteiger partial charge >= 0.3 is 99.2 Å². The Morgan fingerprint density at radius 3 is 1.77 bits per heavy atom. The summed E-state index contributed by atoms with van der Waals surface area (Å²) in [5.41, 5.74) is 3.93. The third-order valence-electron chi connectivity index (χ3n) is 4.54. The molecule has 0 saturated carbocycles. The fraction of sp³-hybridized carbons (Fsp3) is 0.0714. The van der Waals surface area contributed by atoms with Gasteiger partial charge in [0, 0.05) is 0 Å². The minimum atomic E-state index is 0. The zero-order chi connectivity index (χ0) is 20.3. The molecule has 5 rings (SSSR count). The molecule has 0 aromatic heterocycles. The first-order valence-corrected chi connectivity index (χ1v) is 11.0. The van der Waals surface area contributed by atoms with Gasteiger partial charge in [0.1, 0.15) is 0 Å². The first kappa shape index (κ1) is 27.1. The largest absolute Gasteiger partial charge is 0.168 e. The number of fused-ring (bicyclic) bond motifs is 1. The summed E-state index contributed by atoms with van der Waals surface area (Å²) in [7, 11) is 0. The molecule has 0 amide bonds. The molecular weight excluding hydrogens is 498 g/mol. The Morgan fingerprint density at radius 1 is 0.774 bits per heavy atom. The van der Waals surface area contributed by atoms with Gasteiger partial charge in [0.05, 0.1) is 0 Å². The van der Waals surface area contributed by atoms with E-state index in [9.17, 15) is 0 Å². The summed E-state index contributed by atoms with van der Waals surface area (Å²) in [4.78, 5) is 0. The summed E-state index contributed by atoms with van der Waals surface area (Å²) >= 11 is 1.46. The van der Waals surface area contributed by atoms with Gasteiger partial charge in [-0.15, -0.1) is 60.9 Å². The van der Waals surface area contributed by atoms with Gasteiger partial charge in [0.25, 0.3) is 0 Å². The zero-order valence-corrected chi connectivity index (χ0v) is 21.6. The Morgan fingerprint density at radius 2 is 1.32 bits per heavy atom. The number of hydrogen-bond acceptors (Lipinski definition) is 0. The van der Waals surface area contributed by atoms with Crippen molar-refractivity contribution in [3.63, 3.8) is 0 Å². The van der Waals surface area contributed by atoms with E-state index >= 15 is 0 Å². The summed E-state index contributed by atoms with van der Waals surface area (Å²) in [6, 6.07) is 35.8. The van der Waals surface area contributed by atoms with Gasteiger partial charge in [-0.25, -0.2) is 11.6 Å². The third kappa shape index (κ3) is 9.00. The van der Waals surface area contributed by atoms with Crippen LogP contribution in [-0.4, -0.2) is 3.21 Å². The van der Waals surface area contributed by atoms with Crippen LogP contribution in [0.5, 0.6) is 0 Å². The first-order valence-electron chi connectivity index (χ1n) is 9.78. The van der Waals surface area contributed by atoms with E-state index in [-0.39, 0.29) is 24.8 Å². The van der Waals surface area contributed by atoms with E-state index in [1.807, 2.05) is 0 Å². The van der Waals surface area contributed by atoms with E-state index in [0.29, 0.717) is 0 Å². The van der Waals surface area contributed by atoms with E-state index in [2.05, 4.69) is 128 Å². The number of rotatable bonds is 2. The van der Waals surface area contributed by atoms with Crippen molar-refractivity contribution in [3.05, 3.63) is 138 Å². The predicted octanol–water partition coefficient (Wildman–Crippen LogP) is 7.90. The SMILES string of the molecule is CC1=[C-]CC=C1.Cl.Cl.[Zr+2]=[C](c1ccccc1)c1ccccc1.c1ccc2[cH-]ccc2c1. The smallest absolute Gasteiger partial charge is 0.0809 e. The number of halogens is 2. The van der Waals surface area contributed by atoms with Crippen molar-refractivity contribution < 1.29 is 24.2 Å². The van der Waals surface area contributed by atoms with E-state index in [4.69, 9.17) is 0 Å². The van der Waals surface area contributed by atoms with Crippen LogP contribution in [0.15, 0.2) is 121 Å². The second-order valence-corrected chi connectivity index (χ2v) is 7.96. The summed E-state index contributed by atoms with van der Waals surface area (Å²) in [5, 5.41) is 2.66. The molecular formula is C28H26Cl2Zr. The Hall–Kier alpha value is -1.92. The summed E-state index contributed by atoms with van der Waals surface area (Å²) in [6.07, 6.45) is 8.33. The quantitative estimate of drug-likeness (QED) is 0.234. The molecule has 4 aromatic carbocycles. The Kier molecular flexibility index (Phi) is 13.1. The van der Waals surface area contributed by atoms with Gasteiger partial charge < -0.3 is 0 Å². The van der Waals surface area contributed by atoms with Crippen molar-refractivity contribution in [3.8, 4) is 0 Å². The van der Waals surface area contributed by atoms with Gasteiger partial charge in [-0.3, -0.25) is 6.08 Å². The average Bonchev–Trinajstić information content (AvgIpc) is 3.47. The van der Waals surface area contributed by atoms with Crippen LogP contribution < -0.4 is 0 Å². The Labute approximate surface area is 213 Å². The molecule has 0 radical (unpaired) electrons. The predicted molar refractivity (Wildman–Crippen MR) is 136 cm³/mol. The van der Waals surface area contributed by atoms with Gasteiger partial charge in [-0.2, -0.15) is 23.6 Å². The summed E-state index contributed by atoms with van der Waals surface area (Å²) < 4.78 is 1.42. The van der Waals surface area contributed by atoms with Crippen molar-refractivity contribution in [1.29, 1.82) is 0 Å². The molecule has 0 heterocycles. The van der Waals surface area contributed by atoms with Crippen LogP contribution >= 0.6 is 24.8 Å². The number of allylic oxidation sites excluding steroid dienone is 4. The van der Waals surface area contributed by atoms with Crippen LogP contribution in [0, 0.1) is 6.08 Å². The molecule has 0 fully saturated rings. The molecule has 156 valence electrons. The standard InChI is InChI=1S/C13H10.C9H7.C6H7.2ClH.Zr/c1-3-7-12(8-4-1)11-13-9-5-2-6-10-13;1-2-5-9-7-3-6-8(9)4-1;1-6-4-2-3-5-6;;;/h1-10H;1-7H;2,4H,3H2,1H3;2*1H;/q;2*-1;;;+2.